The number of aryl methyl sites for hydroxylation is 1. The van der Waals surface area contributed by atoms with Gasteiger partial charge in [-0.25, -0.2) is 15.0 Å². The Balaban J connectivity index is 1.82. The van der Waals surface area contributed by atoms with Gasteiger partial charge >= 0.3 is 0 Å². The maximum atomic E-state index is 4.55. The minimum absolute atomic E-state index is 0.461. The van der Waals surface area contributed by atoms with Crippen molar-refractivity contribution in [1.82, 2.24) is 15.0 Å². The Morgan fingerprint density at radius 1 is 0.808 bits per heavy atom. The Labute approximate surface area is 150 Å². The number of nitrogens with one attached hydrogen (secondary N) is 1. The first-order chi connectivity index (χ1) is 12.8. The maximum absolute atomic E-state index is 4.55. The van der Waals surface area contributed by atoms with Gasteiger partial charge in [0.25, 0.3) is 0 Å². The summed E-state index contributed by atoms with van der Waals surface area (Å²) in [6.45, 7) is 2.02. The molecule has 0 saturated heterocycles. The molecular formula is C20H16N6. The average molecular weight is 340 g/mol. The van der Waals surface area contributed by atoms with E-state index in [0.29, 0.717) is 5.95 Å². The Kier molecular flexibility index (Phi) is 4.30. The highest BCUT2D eigenvalue weighted by molar-refractivity contribution is 5.99. The standard InChI is InChI=1S/C20H16N6/c1-14-6-2-5-9-17(14)25-26-19-16-8-4-3-7-15(16)10-11-18(19)24-20-22-12-21-13-23-20/h2-13H,1H3,(H,21,22,23,24). The molecule has 126 valence electrons. The van der Waals surface area contributed by atoms with E-state index in [9.17, 15) is 0 Å². The van der Waals surface area contributed by atoms with Crippen molar-refractivity contribution in [3.63, 3.8) is 0 Å². The Morgan fingerprint density at radius 3 is 2.42 bits per heavy atom. The van der Waals surface area contributed by atoms with Gasteiger partial charge in [-0.15, -0.1) is 5.11 Å². The first-order valence-corrected chi connectivity index (χ1v) is 8.19. The van der Waals surface area contributed by atoms with E-state index in [2.05, 4.69) is 36.6 Å². The van der Waals surface area contributed by atoms with Gasteiger partial charge < -0.3 is 5.32 Å². The van der Waals surface area contributed by atoms with Crippen molar-refractivity contribution in [3.8, 4) is 0 Å². The zero-order chi connectivity index (χ0) is 17.8. The van der Waals surface area contributed by atoms with Crippen LogP contribution < -0.4 is 5.32 Å². The highest BCUT2D eigenvalue weighted by atomic mass is 15.2. The first-order valence-electron chi connectivity index (χ1n) is 8.19. The van der Waals surface area contributed by atoms with Crippen LogP contribution in [0.5, 0.6) is 0 Å². The van der Waals surface area contributed by atoms with Crippen LogP contribution in [0.2, 0.25) is 0 Å². The Bertz CT molecular complexity index is 1080. The fourth-order valence-electron chi connectivity index (χ4n) is 2.67. The van der Waals surface area contributed by atoms with E-state index in [4.69, 9.17) is 0 Å². The number of anilines is 2. The molecule has 0 amide bonds. The lowest BCUT2D eigenvalue weighted by Gasteiger charge is -2.10. The number of fused-ring (bicyclic) bond motifs is 1. The SMILES string of the molecule is Cc1ccccc1N=Nc1c(Nc2ncncn2)ccc2ccccc12. The molecule has 0 spiro atoms. The van der Waals surface area contributed by atoms with Crippen molar-refractivity contribution in [2.24, 2.45) is 10.2 Å². The molecule has 0 aliphatic heterocycles. The number of azo groups is 1. The van der Waals surface area contributed by atoms with Crippen molar-refractivity contribution in [2.75, 3.05) is 5.32 Å². The third kappa shape index (κ3) is 3.25. The van der Waals surface area contributed by atoms with Gasteiger partial charge in [0.2, 0.25) is 5.95 Å². The summed E-state index contributed by atoms with van der Waals surface area (Å²) in [5, 5.41) is 14.3. The van der Waals surface area contributed by atoms with E-state index in [1.807, 2.05) is 61.5 Å². The predicted octanol–water partition coefficient (Wildman–Crippen LogP) is 5.49. The molecule has 0 unspecified atom stereocenters. The second-order valence-corrected chi connectivity index (χ2v) is 5.76. The molecule has 0 aliphatic rings. The lowest BCUT2D eigenvalue weighted by atomic mass is 10.1. The van der Waals surface area contributed by atoms with E-state index >= 15 is 0 Å². The summed E-state index contributed by atoms with van der Waals surface area (Å²) in [7, 11) is 0. The van der Waals surface area contributed by atoms with Crippen LogP contribution in [-0.2, 0) is 0 Å². The van der Waals surface area contributed by atoms with Crippen LogP contribution >= 0.6 is 0 Å². The molecule has 0 aliphatic carbocycles. The third-order valence-electron chi connectivity index (χ3n) is 4.01. The smallest absolute Gasteiger partial charge is 0.230 e. The highest BCUT2D eigenvalue weighted by Crippen LogP contribution is 2.36. The predicted molar refractivity (Wildman–Crippen MR) is 102 cm³/mol. The monoisotopic (exact) mass is 340 g/mol. The summed E-state index contributed by atoms with van der Waals surface area (Å²) in [5.74, 6) is 0.461. The second kappa shape index (κ2) is 7.06. The van der Waals surface area contributed by atoms with Crippen molar-refractivity contribution >= 4 is 33.8 Å². The lowest BCUT2D eigenvalue weighted by Crippen LogP contribution is -1.97. The number of aromatic nitrogens is 3. The van der Waals surface area contributed by atoms with Gasteiger partial charge in [0.1, 0.15) is 18.3 Å². The highest BCUT2D eigenvalue weighted by Gasteiger charge is 2.09. The molecule has 0 radical (unpaired) electrons. The molecule has 0 atom stereocenters. The maximum Gasteiger partial charge on any atom is 0.230 e. The molecule has 6 nitrogen and oxygen atoms in total. The summed E-state index contributed by atoms with van der Waals surface area (Å²) < 4.78 is 0. The summed E-state index contributed by atoms with van der Waals surface area (Å²) >= 11 is 0. The van der Waals surface area contributed by atoms with Crippen molar-refractivity contribution in [2.45, 2.75) is 6.92 Å². The van der Waals surface area contributed by atoms with Gasteiger partial charge in [0.05, 0.1) is 11.4 Å². The normalized spacial score (nSPS) is 11.1. The fourth-order valence-corrected chi connectivity index (χ4v) is 2.67. The van der Waals surface area contributed by atoms with Gasteiger partial charge in [-0.2, -0.15) is 5.11 Å². The summed E-state index contributed by atoms with van der Waals surface area (Å²) in [5.41, 5.74) is 3.44. The van der Waals surface area contributed by atoms with Crippen LogP contribution in [0.1, 0.15) is 5.56 Å². The zero-order valence-corrected chi connectivity index (χ0v) is 14.2. The summed E-state index contributed by atoms with van der Waals surface area (Å²) in [4.78, 5) is 12.1. The summed E-state index contributed by atoms with van der Waals surface area (Å²) in [6, 6.07) is 20.0. The molecule has 4 rings (SSSR count). The van der Waals surface area contributed by atoms with E-state index in [0.717, 1.165) is 33.4 Å². The van der Waals surface area contributed by atoms with Crippen LogP contribution in [-0.4, -0.2) is 15.0 Å². The lowest BCUT2D eigenvalue weighted by molar-refractivity contribution is 1.05. The molecule has 26 heavy (non-hydrogen) atoms. The minimum atomic E-state index is 0.461. The third-order valence-corrected chi connectivity index (χ3v) is 4.01. The molecule has 1 heterocycles. The molecule has 1 aromatic heterocycles. The van der Waals surface area contributed by atoms with Crippen LogP contribution in [0, 0.1) is 6.92 Å². The zero-order valence-electron chi connectivity index (χ0n) is 14.2. The number of rotatable bonds is 4. The molecule has 0 saturated carbocycles. The first kappa shape index (κ1) is 15.8. The molecule has 3 aromatic carbocycles. The van der Waals surface area contributed by atoms with Gasteiger partial charge in [-0.05, 0) is 30.0 Å². The molecule has 4 aromatic rings. The molecule has 6 heteroatoms. The Hall–Kier alpha value is -3.67. The minimum Gasteiger partial charge on any atom is -0.322 e. The van der Waals surface area contributed by atoms with Crippen LogP contribution in [0.15, 0.2) is 83.5 Å². The van der Waals surface area contributed by atoms with E-state index < -0.39 is 0 Å². The largest absolute Gasteiger partial charge is 0.322 e. The van der Waals surface area contributed by atoms with E-state index in [-0.39, 0.29) is 0 Å². The van der Waals surface area contributed by atoms with Gasteiger partial charge in [-0.1, -0.05) is 48.5 Å². The average Bonchev–Trinajstić information content (AvgIpc) is 2.69. The van der Waals surface area contributed by atoms with Crippen LogP contribution in [0.3, 0.4) is 0 Å². The number of benzene rings is 3. The molecule has 0 fully saturated rings. The van der Waals surface area contributed by atoms with Gasteiger partial charge in [0.15, 0.2) is 0 Å². The topological polar surface area (TPSA) is 75.4 Å². The van der Waals surface area contributed by atoms with Crippen molar-refractivity contribution in [3.05, 3.63) is 78.9 Å². The van der Waals surface area contributed by atoms with Crippen LogP contribution in [0.4, 0.5) is 23.0 Å². The van der Waals surface area contributed by atoms with Crippen molar-refractivity contribution in [1.29, 1.82) is 0 Å². The number of nitrogens with zero attached hydrogens (tertiary/aromatic N) is 5. The number of hydrogen-bond acceptors (Lipinski definition) is 6. The van der Waals surface area contributed by atoms with Crippen LogP contribution in [0.25, 0.3) is 10.8 Å². The fraction of sp³-hybridized carbons (Fsp3) is 0.0500. The summed E-state index contributed by atoms with van der Waals surface area (Å²) in [6.07, 6.45) is 2.90. The number of hydrogen-bond donors (Lipinski definition) is 1. The Morgan fingerprint density at radius 2 is 1.58 bits per heavy atom. The van der Waals surface area contributed by atoms with Gasteiger partial charge in [0, 0.05) is 5.39 Å². The molecular weight excluding hydrogens is 324 g/mol. The van der Waals surface area contributed by atoms with E-state index in [1.165, 1.54) is 12.7 Å². The van der Waals surface area contributed by atoms with Crippen molar-refractivity contribution < 1.29 is 0 Å². The van der Waals surface area contributed by atoms with Gasteiger partial charge in [-0.3, -0.25) is 0 Å². The molecule has 1 N–H and O–H groups in total. The molecule has 0 bridgehead atoms. The second-order valence-electron chi connectivity index (χ2n) is 5.76. The quantitative estimate of drug-likeness (QED) is 0.498. The van der Waals surface area contributed by atoms with E-state index in [1.54, 1.807) is 0 Å².